The van der Waals surface area contributed by atoms with Crippen LogP contribution < -0.4 is 5.32 Å². The third kappa shape index (κ3) is 2.16. The smallest absolute Gasteiger partial charge is 0.252 e. The molecule has 0 aliphatic carbocycles. The molecule has 3 atom stereocenters. The van der Waals surface area contributed by atoms with Crippen LogP contribution in [0.4, 0.5) is 0 Å². The SMILES string of the molecule is CO.C[C@]12O[C@H](C[C@]1(O)CO)n1c3ccccc3c3c4c(c5c6ccccc6n2c5c31)CNC4=O. The van der Waals surface area contributed by atoms with Crippen LogP contribution in [0.1, 0.15) is 35.5 Å². The second-order valence-corrected chi connectivity index (χ2v) is 9.67. The van der Waals surface area contributed by atoms with E-state index in [2.05, 4.69) is 20.5 Å². The number of carbonyl (C=O) groups excluding carboxylic acids is 1. The molecule has 178 valence electrons. The Bertz CT molecular complexity index is 1730. The zero-order valence-corrected chi connectivity index (χ0v) is 19.4. The van der Waals surface area contributed by atoms with Gasteiger partial charge in [0.25, 0.3) is 5.91 Å². The highest BCUT2D eigenvalue weighted by Gasteiger charge is 2.60. The van der Waals surface area contributed by atoms with Gasteiger partial charge in [-0.25, -0.2) is 0 Å². The van der Waals surface area contributed by atoms with E-state index < -0.39 is 24.2 Å². The lowest BCUT2D eigenvalue weighted by molar-refractivity contribution is -0.189. The molecule has 4 N–H and O–H groups in total. The summed E-state index contributed by atoms with van der Waals surface area (Å²) in [5.74, 6) is -0.0555. The Morgan fingerprint density at radius 1 is 1.03 bits per heavy atom. The van der Waals surface area contributed by atoms with E-state index in [4.69, 9.17) is 9.84 Å². The Kier molecular flexibility index (Phi) is 3.95. The molecule has 2 aromatic heterocycles. The Morgan fingerprint density at radius 3 is 2.40 bits per heavy atom. The molecular weight excluding hydrogens is 446 g/mol. The van der Waals surface area contributed by atoms with Crippen LogP contribution >= 0.6 is 0 Å². The summed E-state index contributed by atoms with van der Waals surface area (Å²) in [5, 5.41) is 36.1. The number of hydrogen-bond acceptors (Lipinski definition) is 5. The summed E-state index contributed by atoms with van der Waals surface area (Å²) >= 11 is 0. The van der Waals surface area contributed by atoms with E-state index in [1.807, 2.05) is 49.4 Å². The first kappa shape index (κ1) is 20.9. The standard InChI is InChI=1S/C26H21N3O4.CH4O/c1-25-26(32,12-30)10-18(33-25)28-16-8-4-2-6-13(16)20-21-15(11-27-24(21)31)19-14-7-3-5-9-17(14)29(25)23(19)22(20)28;1-2/h2-9,18,30,32H,10-12H2,1H3,(H,27,31);2H,1H3/t18-,25+,26+;/m1./s1. The Balaban J connectivity index is 0.00000103. The van der Waals surface area contributed by atoms with Gasteiger partial charge in [-0.1, -0.05) is 36.4 Å². The Hall–Kier alpha value is -3.43. The van der Waals surface area contributed by atoms with Gasteiger partial charge in [-0.05, 0) is 24.6 Å². The van der Waals surface area contributed by atoms with E-state index in [9.17, 15) is 15.0 Å². The van der Waals surface area contributed by atoms with Crippen molar-refractivity contribution >= 4 is 49.5 Å². The number of para-hydroxylation sites is 2. The van der Waals surface area contributed by atoms with Crippen molar-refractivity contribution in [2.24, 2.45) is 0 Å². The molecule has 1 amide bonds. The summed E-state index contributed by atoms with van der Waals surface area (Å²) in [4.78, 5) is 13.2. The van der Waals surface area contributed by atoms with Crippen LogP contribution in [-0.4, -0.2) is 49.7 Å². The number of carbonyl (C=O) groups is 1. The van der Waals surface area contributed by atoms with Crippen molar-refractivity contribution in [1.29, 1.82) is 0 Å². The summed E-state index contributed by atoms with van der Waals surface area (Å²) in [6.07, 6.45) is -0.247. The second kappa shape index (κ2) is 6.61. The molecular formula is C27H25N3O5. The lowest BCUT2D eigenvalue weighted by atomic mass is 9.89. The van der Waals surface area contributed by atoms with Crippen LogP contribution in [-0.2, 0) is 17.0 Å². The first-order chi connectivity index (χ1) is 17.0. The van der Waals surface area contributed by atoms with Crippen molar-refractivity contribution in [3.8, 4) is 0 Å². The van der Waals surface area contributed by atoms with E-state index in [1.54, 1.807) is 0 Å². The fraction of sp³-hybridized carbons (Fsp3) is 0.296. The number of nitrogens with one attached hydrogen (secondary N) is 1. The first-order valence-electron chi connectivity index (χ1n) is 11.7. The number of nitrogens with zero attached hydrogens (tertiary/aromatic N) is 2. The number of ether oxygens (including phenoxy) is 1. The van der Waals surface area contributed by atoms with Gasteiger partial charge < -0.3 is 34.5 Å². The Morgan fingerprint density at radius 2 is 1.69 bits per heavy atom. The number of amides is 1. The van der Waals surface area contributed by atoms with Crippen LogP contribution in [0, 0.1) is 0 Å². The van der Waals surface area contributed by atoms with Gasteiger partial charge in [0.15, 0.2) is 5.72 Å². The van der Waals surface area contributed by atoms with Crippen LogP contribution in [0.25, 0.3) is 43.6 Å². The van der Waals surface area contributed by atoms with Crippen molar-refractivity contribution in [3.05, 3.63) is 59.7 Å². The van der Waals surface area contributed by atoms with Crippen molar-refractivity contribution in [2.75, 3.05) is 13.7 Å². The van der Waals surface area contributed by atoms with E-state index in [0.29, 0.717) is 6.54 Å². The number of aliphatic hydroxyl groups is 3. The molecule has 2 bridgehead atoms. The lowest BCUT2D eigenvalue weighted by Gasteiger charge is -2.38. The summed E-state index contributed by atoms with van der Waals surface area (Å²) in [6, 6.07) is 16.1. The molecule has 8 heteroatoms. The molecule has 3 aliphatic heterocycles. The molecule has 3 aromatic carbocycles. The number of rotatable bonds is 1. The fourth-order valence-electron chi connectivity index (χ4n) is 6.73. The second-order valence-electron chi connectivity index (χ2n) is 9.67. The minimum Gasteiger partial charge on any atom is -0.400 e. The predicted molar refractivity (Wildman–Crippen MR) is 132 cm³/mol. The average Bonchev–Trinajstić information content (AvgIpc) is 3.57. The topological polar surface area (TPSA) is 109 Å². The molecule has 5 heterocycles. The summed E-state index contributed by atoms with van der Waals surface area (Å²) in [5.41, 5.74) is 2.80. The molecule has 1 fully saturated rings. The quantitative estimate of drug-likeness (QED) is 0.301. The van der Waals surface area contributed by atoms with Gasteiger partial charge in [0.2, 0.25) is 0 Å². The largest absolute Gasteiger partial charge is 0.400 e. The van der Waals surface area contributed by atoms with Gasteiger partial charge >= 0.3 is 0 Å². The normalized spacial score (nSPS) is 26.4. The number of aromatic nitrogens is 2. The van der Waals surface area contributed by atoms with Crippen molar-refractivity contribution in [1.82, 2.24) is 14.5 Å². The number of benzene rings is 3. The first-order valence-corrected chi connectivity index (χ1v) is 11.7. The van der Waals surface area contributed by atoms with Crippen molar-refractivity contribution in [3.63, 3.8) is 0 Å². The van der Waals surface area contributed by atoms with E-state index in [0.717, 1.165) is 61.8 Å². The summed E-state index contributed by atoms with van der Waals surface area (Å²) in [6.45, 7) is 1.91. The highest BCUT2D eigenvalue weighted by atomic mass is 16.6. The minimum absolute atomic E-state index is 0.0555. The van der Waals surface area contributed by atoms with Crippen LogP contribution in [0.3, 0.4) is 0 Å². The molecule has 1 saturated heterocycles. The molecule has 8 rings (SSSR count). The molecule has 0 saturated carbocycles. The number of aliphatic hydroxyl groups excluding tert-OH is 2. The van der Waals surface area contributed by atoms with E-state index >= 15 is 0 Å². The molecule has 0 spiro atoms. The zero-order valence-electron chi connectivity index (χ0n) is 19.4. The van der Waals surface area contributed by atoms with Gasteiger partial charge in [0.1, 0.15) is 11.8 Å². The molecule has 0 unspecified atom stereocenters. The maximum Gasteiger partial charge on any atom is 0.252 e. The van der Waals surface area contributed by atoms with Crippen molar-refractivity contribution in [2.45, 2.75) is 37.4 Å². The lowest BCUT2D eigenvalue weighted by Crippen LogP contribution is -2.53. The zero-order chi connectivity index (χ0) is 24.3. The highest BCUT2D eigenvalue weighted by Crippen LogP contribution is 2.57. The van der Waals surface area contributed by atoms with Crippen LogP contribution in [0.2, 0.25) is 0 Å². The van der Waals surface area contributed by atoms with Gasteiger partial charge in [-0.3, -0.25) is 4.79 Å². The minimum atomic E-state index is -1.48. The van der Waals surface area contributed by atoms with Gasteiger partial charge in [0, 0.05) is 41.6 Å². The summed E-state index contributed by atoms with van der Waals surface area (Å²) in [7, 11) is 1.00. The maximum absolute atomic E-state index is 13.2. The van der Waals surface area contributed by atoms with Crippen LogP contribution in [0.15, 0.2) is 48.5 Å². The number of hydrogen-bond donors (Lipinski definition) is 4. The van der Waals surface area contributed by atoms with Gasteiger partial charge in [-0.15, -0.1) is 0 Å². The molecule has 5 aromatic rings. The Labute approximate surface area is 199 Å². The van der Waals surface area contributed by atoms with Gasteiger partial charge in [-0.2, -0.15) is 0 Å². The van der Waals surface area contributed by atoms with E-state index in [1.165, 1.54) is 0 Å². The van der Waals surface area contributed by atoms with Gasteiger partial charge in [0.05, 0.1) is 34.2 Å². The molecule has 8 nitrogen and oxygen atoms in total. The van der Waals surface area contributed by atoms with Crippen molar-refractivity contribution < 1.29 is 24.9 Å². The molecule has 3 aliphatic rings. The maximum atomic E-state index is 13.2. The van der Waals surface area contributed by atoms with E-state index in [-0.39, 0.29) is 12.3 Å². The third-order valence-electron chi connectivity index (χ3n) is 8.23. The number of fused-ring (bicyclic) bond motifs is 13. The summed E-state index contributed by atoms with van der Waals surface area (Å²) < 4.78 is 10.9. The monoisotopic (exact) mass is 471 g/mol. The average molecular weight is 472 g/mol. The third-order valence-corrected chi connectivity index (χ3v) is 8.23. The van der Waals surface area contributed by atoms with Crippen LogP contribution in [0.5, 0.6) is 0 Å². The molecule has 35 heavy (non-hydrogen) atoms. The molecule has 0 radical (unpaired) electrons. The fourth-order valence-corrected chi connectivity index (χ4v) is 6.73. The predicted octanol–water partition coefficient (Wildman–Crippen LogP) is 3.08. The highest BCUT2D eigenvalue weighted by molar-refractivity contribution is 6.31.